The average Bonchev–Trinajstić information content (AvgIpc) is 2.38. The fourth-order valence-electron chi connectivity index (χ4n) is 1.61. The summed E-state index contributed by atoms with van der Waals surface area (Å²) in [6, 6.07) is 12.1. The lowest BCUT2D eigenvalue weighted by molar-refractivity contribution is 0.282. The molecule has 0 fully saturated rings. The number of hydrogen-bond acceptors (Lipinski definition) is 4. The van der Waals surface area contributed by atoms with E-state index in [1.807, 2.05) is 6.07 Å². The van der Waals surface area contributed by atoms with E-state index in [9.17, 15) is 8.42 Å². The SMILES string of the molecule is CS(=O)(=O)c1ccc(Sc2ccc(CO)c(Cl)c2)cc1. The van der Waals surface area contributed by atoms with E-state index in [-0.39, 0.29) is 6.61 Å². The molecule has 0 unspecified atom stereocenters. The first-order chi connectivity index (χ1) is 9.40. The summed E-state index contributed by atoms with van der Waals surface area (Å²) >= 11 is 7.51. The van der Waals surface area contributed by atoms with E-state index in [0.717, 1.165) is 9.79 Å². The number of rotatable bonds is 4. The molecule has 0 aliphatic rings. The van der Waals surface area contributed by atoms with Crippen molar-refractivity contribution in [2.24, 2.45) is 0 Å². The van der Waals surface area contributed by atoms with Crippen LogP contribution in [0.1, 0.15) is 5.56 Å². The number of aliphatic hydroxyl groups is 1. The van der Waals surface area contributed by atoms with Crippen LogP contribution >= 0.6 is 23.4 Å². The Balaban J connectivity index is 2.20. The van der Waals surface area contributed by atoms with Crippen LogP contribution in [0.25, 0.3) is 0 Å². The van der Waals surface area contributed by atoms with Gasteiger partial charge in [-0.3, -0.25) is 0 Å². The topological polar surface area (TPSA) is 54.4 Å². The summed E-state index contributed by atoms with van der Waals surface area (Å²) in [6.07, 6.45) is 1.18. The molecule has 0 spiro atoms. The van der Waals surface area contributed by atoms with Crippen LogP contribution in [0.3, 0.4) is 0 Å². The van der Waals surface area contributed by atoms with Crippen molar-refractivity contribution in [3.05, 3.63) is 53.1 Å². The molecule has 0 saturated carbocycles. The average molecular weight is 329 g/mol. The third-order valence-corrected chi connectivity index (χ3v) is 5.16. The summed E-state index contributed by atoms with van der Waals surface area (Å²) in [7, 11) is -3.17. The zero-order chi connectivity index (χ0) is 14.8. The minimum absolute atomic E-state index is 0.0904. The Kier molecular flexibility index (Phi) is 4.75. The van der Waals surface area contributed by atoms with Gasteiger partial charge in [0.2, 0.25) is 0 Å². The molecule has 0 bridgehead atoms. The number of benzene rings is 2. The van der Waals surface area contributed by atoms with E-state index in [1.165, 1.54) is 18.0 Å². The van der Waals surface area contributed by atoms with Gasteiger partial charge < -0.3 is 5.11 Å². The van der Waals surface area contributed by atoms with Crippen molar-refractivity contribution < 1.29 is 13.5 Å². The van der Waals surface area contributed by atoms with E-state index in [4.69, 9.17) is 16.7 Å². The highest BCUT2D eigenvalue weighted by Crippen LogP contribution is 2.31. The smallest absolute Gasteiger partial charge is 0.175 e. The van der Waals surface area contributed by atoms with Crippen molar-refractivity contribution in [2.75, 3.05) is 6.26 Å². The Hall–Kier alpha value is -1.01. The van der Waals surface area contributed by atoms with E-state index in [0.29, 0.717) is 15.5 Å². The lowest BCUT2D eigenvalue weighted by Gasteiger charge is -2.06. The highest BCUT2D eigenvalue weighted by molar-refractivity contribution is 7.99. The van der Waals surface area contributed by atoms with Gasteiger partial charge in [-0.15, -0.1) is 0 Å². The van der Waals surface area contributed by atoms with Crippen LogP contribution in [-0.2, 0) is 16.4 Å². The molecule has 20 heavy (non-hydrogen) atoms. The fourth-order valence-corrected chi connectivity index (χ4v) is 3.40. The van der Waals surface area contributed by atoms with Crippen molar-refractivity contribution in [3.8, 4) is 0 Å². The summed E-state index contributed by atoms with van der Waals surface area (Å²) < 4.78 is 22.7. The molecular weight excluding hydrogens is 316 g/mol. The minimum atomic E-state index is -3.17. The molecule has 0 heterocycles. The van der Waals surface area contributed by atoms with Gasteiger partial charge in [0.05, 0.1) is 11.5 Å². The number of hydrogen-bond donors (Lipinski definition) is 1. The molecule has 0 radical (unpaired) electrons. The maximum Gasteiger partial charge on any atom is 0.175 e. The Morgan fingerprint density at radius 3 is 2.20 bits per heavy atom. The van der Waals surface area contributed by atoms with Gasteiger partial charge >= 0.3 is 0 Å². The second-order valence-corrected chi connectivity index (χ2v) is 7.83. The molecule has 1 N–H and O–H groups in total. The Morgan fingerprint density at radius 1 is 1.10 bits per heavy atom. The van der Waals surface area contributed by atoms with Gasteiger partial charge in [0.1, 0.15) is 0 Å². The minimum Gasteiger partial charge on any atom is -0.392 e. The zero-order valence-electron chi connectivity index (χ0n) is 10.7. The number of sulfone groups is 1. The molecule has 0 amide bonds. The van der Waals surface area contributed by atoms with Crippen LogP contribution in [0.15, 0.2) is 57.2 Å². The van der Waals surface area contributed by atoms with Crippen LogP contribution in [0.5, 0.6) is 0 Å². The predicted molar refractivity (Wildman–Crippen MR) is 81.0 cm³/mol. The molecule has 2 aromatic carbocycles. The third kappa shape index (κ3) is 3.76. The quantitative estimate of drug-likeness (QED) is 0.934. The van der Waals surface area contributed by atoms with Gasteiger partial charge in [-0.05, 0) is 42.0 Å². The summed E-state index contributed by atoms with van der Waals surface area (Å²) in [5.41, 5.74) is 0.684. The van der Waals surface area contributed by atoms with Gasteiger partial charge in [0.25, 0.3) is 0 Å². The maximum atomic E-state index is 11.4. The second kappa shape index (κ2) is 6.18. The molecule has 2 aromatic rings. The lowest BCUT2D eigenvalue weighted by Crippen LogP contribution is -1.95. The Labute approximate surface area is 127 Å². The van der Waals surface area contributed by atoms with Crippen molar-refractivity contribution >= 4 is 33.2 Å². The maximum absolute atomic E-state index is 11.4. The first kappa shape index (κ1) is 15.4. The third-order valence-electron chi connectivity index (χ3n) is 2.68. The van der Waals surface area contributed by atoms with Gasteiger partial charge in [0, 0.05) is 21.1 Å². The number of aliphatic hydroxyl groups excluding tert-OH is 1. The summed E-state index contributed by atoms with van der Waals surface area (Å²) in [5, 5.41) is 9.58. The van der Waals surface area contributed by atoms with Crippen molar-refractivity contribution in [3.63, 3.8) is 0 Å². The van der Waals surface area contributed by atoms with Gasteiger partial charge in [0.15, 0.2) is 9.84 Å². The second-order valence-electron chi connectivity index (χ2n) is 4.26. The van der Waals surface area contributed by atoms with E-state index in [1.54, 1.807) is 36.4 Å². The molecule has 0 atom stereocenters. The van der Waals surface area contributed by atoms with Crippen molar-refractivity contribution in [1.29, 1.82) is 0 Å². The van der Waals surface area contributed by atoms with Crippen LogP contribution < -0.4 is 0 Å². The first-order valence-corrected chi connectivity index (χ1v) is 8.86. The van der Waals surface area contributed by atoms with E-state index < -0.39 is 9.84 Å². The number of halogens is 1. The Morgan fingerprint density at radius 2 is 1.70 bits per heavy atom. The molecule has 3 nitrogen and oxygen atoms in total. The summed E-state index contributed by atoms with van der Waals surface area (Å²) in [4.78, 5) is 2.15. The largest absolute Gasteiger partial charge is 0.392 e. The molecule has 2 rings (SSSR count). The predicted octanol–water partition coefficient (Wildman–Crippen LogP) is 3.39. The van der Waals surface area contributed by atoms with Crippen molar-refractivity contribution in [2.45, 2.75) is 21.3 Å². The van der Waals surface area contributed by atoms with Crippen molar-refractivity contribution in [1.82, 2.24) is 0 Å². The van der Waals surface area contributed by atoms with Gasteiger partial charge in [-0.25, -0.2) is 8.42 Å². The highest BCUT2D eigenvalue weighted by atomic mass is 35.5. The molecule has 0 saturated heterocycles. The normalized spacial score (nSPS) is 11.6. The summed E-state index contributed by atoms with van der Waals surface area (Å²) in [5.74, 6) is 0. The van der Waals surface area contributed by atoms with E-state index in [2.05, 4.69) is 0 Å². The molecular formula is C14H13ClO3S2. The molecule has 0 aliphatic carbocycles. The van der Waals surface area contributed by atoms with Crippen LogP contribution in [0, 0.1) is 0 Å². The fraction of sp³-hybridized carbons (Fsp3) is 0.143. The van der Waals surface area contributed by atoms with E-state index >= 15 is 0 Å². The van der Waals surface area contributed by atoms with Crippen LogP contribution in [0.4, 0.5) is 0 Å². The highest BCUT2D eigenvalue weighted by Gasteiger charge is 2.07. The lowest BCUT2D eigenvalue weighted by atomic mass is 10.2. The van der Waals surface area contributed by atoms with Gasteiger partial charge in [-0.2, -0.15) is 0 Å². The molecule has 106 valence electrons. The molecule has 6 heteroatoms. The zero-order valence-corrected chi connectivity index (χ0v) is 13.1. The summed E-state index contributed by atoms with van der Waals surface area (Å²) in [6.45, 7) is -0.0904. The van der Waals surface area contributed by atoms with Crippen LogP contribution in [-0.4, -0.2) is 19.8 Å². The standard InChI is InChI=1S/C14H13ClO3S2/c1-20(17,18)13-6-4-11(5-7-13)19-12-3-2-10(9-16)14(15)8-12/h2-8,16H,9H2,1H3. The van der Waals surface area contributed by atoms with Crippen LogP contribution in [0.2, 0.25) is 5.02 Å². The molecule has 0 aromatic heterocycles. The Bertz CT molecular complexity index is 710. The van der Waals surface area contributed by atoms with Gasteiger partial charge in [-0.1, -0.05) is 29.4 Å². The monoisotopic (exact) mass is 328 g/mol. The molecule has 0 aliphatic heterocycles. The first-order valence-electron chi connectivity index (χ1n) is 5.77.